The Morgan fingerprint density at radius 2 is 2.06 bits per heavy atom. The van der Waals surface area contributed by atoms with Crippen LogP contribution in [0.1, 0.15) is 0 Å². The number of fused-ring (bicyclic) bond motifs is 1. The number of rotatable bonds is 1. The van der Waals surface area contributed by atoms with Crippen LogP contribution >= 0.6 is 28.1 Å². The number of imidazole rings is 1. The molecule has 1 aliphatic heterocycles. The second-order valence-electron chi connectivity index (χ2n) is 3.97. The van der Waals surface area contributed by atoms with E-state index in [1.165, 1.54) is 0 Å². The van der Waals surface area contributed by atoms with Crippen molar-refractivity contribution in [2.45, 2.75) is 0 Å². The minimum atomic E-state index is 0.736. The second kappa shape index (κ2) is 4.44. The molecule has 0 bridgehead atoms. The summed E-state index contributed by atoms with van der Waals surface area (Å²) in [5.74, 6) is 0. The molecule has 4 nitrogen and oxygen atoms in total. The van der Waals surface area contributed by atoms with Crippen LogP contribution in [-0.2, 0) is 4.74 Å². The Labute approximate surface area is 112 Å². The Morgan fingerprint density at radius 3 is 2.82 bits per heavy atom. The van der Waals surface area contributed by atoms with Gasteiger partial charge in [0.2, 0.25) is 0 Å². The lowest BCUT2D eigenvalue weighted by atomic mass is 10.3. The van der Waals surface area contributed by atoms with E-state index < -0.39 is 0 Å². The number of aromatic amines is 1. The lowest BCUT2D eigenvalue weighted by molar-refractivity contribution is 0.111. The molecule has 0 unspecified atom stereocenters. The van der Waals surface area contributed by atoms with Crippen molar-refractivity contribution in [3.63, 3.8) is 0 Å². The van der Waals surface area contributed by atoms with Crippen molar-refractivity contribution < 1.29 is 4.74 Å². The average Bonchev–Trinajstić information content (AvgIpc) is 2.65. The van der Waals surface area contributed by atoms with E-state index in [0.29, 0.717) is 0 Å². The van der Waals surface area contributed by atoms with Crippen molar-refractivity contribution in [3.05, 3.63) is 27.4 Å². The fourth-order valence-electron chi connectivity index (χ4n) is 2.10. The molecule has 0 saturated carbocycles. The molecule has 17 heavy (non-hydrogen) atoms. The fraction of sp³-hybridized carbons (Fsp3) is 0.364. The summed E-state index contributed by atoms with van der Waals surface area (Å²) < 4.78 is 9.22. The number of nitrogens with zero attached hydrogens (tertiary/aromatic N) is 2. The topological polar surface area (TPSA) is 33.2 Å². The van der Waals surface area contributed by atoms with E-state index >= 15 is 0 Å². The predicted molar refractivity (Wildman–Crippen MR) is 73.6 cm³/mol. The van der Waals surface area contributed by atoms with E-state index in [0.717, 1.165) is 46.6 Å². The van der Waals surface area contributed by atoms with Crippen LogP contribution in [-0.4, -0.2) is 36.0 Å². The van der Waals surface area contributed by atoms with Gasteiger partial charge in [0.1, 0.15) is 0 Å². The average molecular weight is 314 g/mol. The van der Waals surface area contributed by atoms with Gasteiger partial charge >= 0.3 is 0 Å². The van der Waals surface area contributed by atoms with E-state index in [-0.39, 0.29) is 0 Å². The molecule has 1 saturated heterocycles. The normalized spacial score (nSPS) is 16.6. The number of hydrogen-bond donors (Lipinski definition) is 1. The van der Waals surface area contributed by atoms with Crippen LogP contribution in [0.15, 0.2) is 22.7 Å². The lowest BCUT2D eigenvalue weighted by Gasteiger charge is -2.29. The van der Waals surface area contributed by atoms with Gasteiger partial charge < -0.3 is 14.7 Å². The number of aromatic nitrogens is 2. The van der Waals surface area contributed by atoms with Crippen molar-refractivity contribution in [2.24, 2.45) is 0 Å². The molecule has 2 aromatic rings. The number of morpholine rings is 1. The Kier molecular flexibility index (Phi) is 2.94. The predicted octanol–water partition coefficient (Wildman–Crippen LogP) is 2.43. The van der Waals surface area contributed by atoms with Crippen molar-refractivity contribution in [1.82, 2.24) is 9.66 Å². The number of benzene rings is 1. The van der Waals surface area contributed by atoms with Crippen molar-refractivity contribution in [3.8, 4) is 0 Å². The van der Waals surface area contributed by atoms with Crippen molar-refractivity contribution in [1.29, 1.82) is 0 Å². The highest BCUT2D eigenvalue weighted by Crippen LogP contribution is 2.20. The molecule has 0 amide bonds. The molecule has 1 aromatic heterocycles. The third-order valence-electron chi connectivity index (χ3n) is 2.89. The third-order valence-corrected chi connectivity index (χ3v) is 3.66. The summed E-state index contributed by atoms with van der Waals surface area (Å²) in [7, 11) is 0. The number of hydrogen-bond acceptors (Lipinski definition) is 3. The summed E-state index contributed by atoms with van der Waals surface area (Å²) in [6.45, 7) is 3.24. The van der Waals surface area contributed by atoms with Gasteiger partial charge in [-0.15, -0.1) is 0 Å². The van der Waals surface area contributed by atoms with Gasteiger partial charge in [-0.2, -0.15) is 0 Å². The zero-order valence-electron chi connectivity index (χ0n) is 9.15. The number of H-pyrrole nitrogens is 1. The first-order valence-corrected chi connectivity index (χ1v) is 6.69. The summed E-state index contributed by atoms with van der Waals surface area (Å²) in [6, 6.07) is 6.13. The highest BCUT2D eigenvalue weighted by atomic mass is 79.9. The summed E-state index contributed by atoms with van der Waals surface area (Å²) >= 11 is 8.88. The van der Waals surface area contributed by atoms with E-state index in [1.807, 2.05) is 12.1 Å². The standard InChI is InChI=1S/C11H12BrN3OS/c12-8-1-2-9-10(7-8)15(11(17)13-9)14-3-5-16-6-4-14/h1-2,7H,3-6H2,(H,13,17). The molecule has 1 N–H and O–H groups in total. The molecule has 0 atom stereocenters. The number of ether oxygens (including phenoxy) is 1. The Morgan fingerprint density at radius 1 is 1.29 bits per heavy atom. The van der Waals surface area contributed by atoms with Crippen LogP contribution in [0.25, 0.3) is 11.0 Å². The maximum Gasteiger partial charge on any atom is 0.197 e. The maximum absolute atomic E-state index is 5.39. The minimum Gasteiger partial charge on any atom is -0.378 e. The first-order chi connectivity index (χ1) is 8.25. The van der Waals surface area contributed by atoms with Gasteiger partial charge in [-0.05, 0) is 30.4 Å². The van der Waals surface area contributed by atoms with Crippen LogP contribution in [0.4, 0.5) is 0 Å². The number of halogens is 1. The number of nitrogens with one attached hydrogen (secondary N) is 1. The Hall–Kier alpha value is -0.850. The van der Waals surface area contributed by atoms with Gasteiger partial charge in [0.25, 0.3) is 0 Å². The van der Waals surface area contributed by atoms with Crippen LogP contribution in [0, 0.1) is 4.77 Å². The zero-order chi connectivity index (χ0) is 11.8. The summed E-state index contributed by atoms with van der Waals surface area (Å²) in [5, 5.41) is 2.22. The van der Waals surface area contributed by atoms with Gasteiger partial charge in [0.15, 0.2) is 4.77 Å². The second-order valence-corrected chi connectivity index (χ2v) is 5.27. The van der Waals surface area contributed by atoms with Gasteiger partial charge in [-0.1, -0.05) is 15.9 Å². The van der Waals surface area contributed by atoms with E-state index in [9.17, 15) is 0 Å². The summed E-state index contributed by atoms with van der Waals surface area (Å²) in [6.07, 6.45) is 0. The molecule has 6 heteroatoms. The molecule has 1 aliphatic rings. The largest absolute Gasteiger partial charge is 0.378 e. The monoisotopic (exact) mass is 313 g/mol. The molecule has 1 aromatic carbocycles. The molecule has 0 radical (unpaired) electrons. The first kappa shape index (κ1) is 11.3. The molecule has 90 valence electrons. The smallest absolute Gasteiger partial charge is 0.197 e. The zero-order valence-corrected chi connectivity index (χ0v) is 11.6. The Balaban J connectivity index is 2.16. The van der Waals surface area contributed by atoms with Crippen LogP contribution in [0.2, 0.25) is 0 Å². The summed E-state index contributed by atoms with van der Waals surface area (Å²) in [5.41, 5.74) is 2.16. The fourth-order valence-corrected chi connectivity index (χ4v) is 2.77. The van der Waals surface area contributed by atoms with E-state index in [2.05, 4.69) is 36.7 Å². The SMILES string of the molecule is S=c1[nH]c2ccc(Br)cc2n1N1CCOCC1. The van der Waals surface area contributed by atoms with Gasteiger partial charge in [-0.25, -0.2) is 4.68 Å². The molecule has 1 fully saturated rings. The minimum absolute atomic E-state index is 0.736. The van der Waals surface area contributed by atoms with Gasteiger partial charge in [0.05, 0.1) is 37.3 Å². The van der Waals surface area contributed by atoms with Crippen LogP contribution < -0.4 is 5.01 Å². The summed E-state index contributed by atoms with van der Waals surface area (Å²) in [4.78, 5) is 3.23. The highest BCUT2D eigenvalue weighted by molar-refractivity contribution is 9.10. The first-order valence-electron chi connectivity index (χ1n) is 5.49. The lowest BCUT2D eigenvalue weighted by Crippen LogP contribution is -2.43. The van der Waals surface area contributed by atoms with Gasteiger partial charge in [-0.3, -0.25) is 0 Å². The molecule has 3 rings (SSSR count). The Bertz CT molecular complexity index is 600. The van der Waals surface area contributed by atoms with Crippen LogP contribution in [0.5, 0.6) is 0 Å². The molecular weight excluding hydrogens is 302 g/mol. The molecule has 0 spiro atoms. The van der Waals surface area contributed by atoms with E-state index in [4.69, 9.17) is 17.0 Å². The molecular formula is C11H12BrN3OS. The quantitative estimate of drug-likeness (QED) is 0.821. The third kappa shape index (κ3) is 2.00. The van der Waals surface area contributed by atoms with Crippen molar-refractivity contribution in [2.75, 3.05) is 31.3 Å². The van der Waals surface area contributed by atoms with Crippen molar-refractivity contribution >= 4 is 39.2 Å². The maximum atomic E-state index is 5.39. The molecule has 2 heterocycles. The van der Waals surface area contributed by atoms with Gasteiger partial charge in [0, 0.05) is 4.47 Å². The highest BCUT2D eigenvalue weighted by Gasteiger charge is 2.14. The molecule has 0 aliphatic carbocycles. The van der Waals surface area contributed by atoms with Crippen LogP contribution in [0.3, 0.4) is 0 Å². The van der Waals surface area contributed by atoms with E-state index in [1.54, 1.807) is 0 Å².